The number of benzene rings is 1. The van der Waals surface area contributed by atoms with E-state index in [0.717, 1.165) is 23.9 Å². The quantitative estimate of drug-likeness (QED) is 0.819. The number of nitrogens with zero attached hydrogens (tertiary/aromatic N) is 1. The Balaban J connectivity index is 2.17. The Kier molecular flexibility index (Phi) is 4.24. The first-order valence-corrected chi connectivity index (χ1v) is 6.86. The van der Waals surface area contributed by atoms with Crippen LogP contribution in [-0.2, 0) is 0 Å². The lowest BCUT2D eigenvalue weighted by Gasteiger charge is -2.32. The molecule has 0 spiro atoms. The molecule has 1 saturated heterocycles. The van der Waals surface area contributed by atoms with Crippen LogP contribution in [0, 0.1) is 5.92 Å². The molecule has 1 heterocycles. The number of likely N-dealkylation sites (tertiary alicyclic amines) is 1. The van der Waals surface area contributed by atoms with Gasteiger partial charge >= 0.3 is 0 Å². The van der Waals surface area contributed by atoms with E-state index in [9.17, 15) is 9.90 Å². The molecule has 1 amide bonds. The standard InChI is InChI=1S/C13H17BrN2O2/c14-10-3-4-12(15)11(6-10)13(18)16-5-1-2-9(7-16)8-17/h3-4,6,9,17H,1-2,5,7-8,15H2. The van der Waals surface area contributed by atoms with Crippen LogP contribution in [0.5, 0.6) is 0 Å². The van der Waals surface area contributed by atoms with Crippen molar-refractivity contribution in [2.24, 2.45) is 5.92 Å². The first kappa shape index (κ1) is 13.4. The van der Waals surface area contributed by atoms with Gasteiger partial charge in [-0.05, 0) is 37.0 Å². The van der Waals surface area contributed by atoms with Crippen molar-refractivity contribution in [3.63, 3.8) is 0 Å². The number of aliphatic hydroxyl groups is 1. The molecule has 1 aliphatic rings. The number of aliphatic hydroxyl groups excluding tert-OH is 1. The second-order valence-corrected chi connectivity index (χ2v) is 5.59. The van der Waals surface area contributed by atoms with Crippen molar-refractivity contribution in [2.45, 2.75) is 12.8 Å². The Bertz CT molecular complexity index is 451. The Morgan fingerprint density at radius 3 is 3.06 bits per heavy atom. The molecule has 5 heteroatoms. The first-order chi connectivity index (χ1) is 8.61. The number of rotatable bonds is 2. The number of nitrogen functional groups attached to an aromatic ring is 1. The van der Waals surface area contributed by atoms with E-state index in [0.29, 0.717) is 17.8 Å². The smallest absolute Gasteiger partial charge is 0.255 e. The summed E-state index contributed by atoms with van der Waals surface area (Å²) >= 11 is 3.35. The highest BCUT2D eigenvalue weighted by molar-refractivity contribution is 9.10. The summed E-state index contributed by atoms with van der Waals surface area (Å²) in [7, 11) is 0. The summed E-state index contributed by atoms with van der Waals surface area (Å²) in [5.41, 5.74) is 6.87. The van der Waals surface area contributed by atoms with Crippen LogP contribution in [0.4, 0.5) is 5.69 Å². The third kappa shape index (κ3) is 2.84. The van der Waals surface area contributed by atoms with Crippen molar-refractivity contribution in [3.8, 4) is 0 Å². The summed E-state index contributed by atoms with van der Waals surface area (Å²) in [5.74, 6) is 0.142. The van der Waals surface area contributed by atoms with Gasteiger partial charge in [-0.25, -0.2) is 0 Å². The van der Waals surface area contributed by atoms with Gasteiger partial charge in [0.25, 0.3) is 5.91 Å². The largest absolute Gasteiger partial charge is 0.398 e. The highest BCUT2D eigenvalue weighted by Gasteiger charge is 2.25. The minimum Gasteiger partial charge on any atom is -0.398 e. The zero-order valence-corrected chi connectivity index (χ0v) is 11.7. The highest BCUT2D eigenvalue weighted by atomic mass is 79.9. The second kappa shape index (κ2) is 5.71. The van der Waals surface area contributed by atoms with Crippen LogP contribution in [0.25, 0.3) is 0 Å². The fraction of sp³-hybridized carbons (Fsp3) is 0.462. The molecular weight excluding hydrogens is 296 g/mol. The molecule has 4 nitrogen and oxygen atoms in total. The molecule has 98 valence electrons. The number of carbonyl (C=O) groups excluding carboxylic acids is 1. The fourth-order valence-electron chi connectivity index (χ4n) is 2.28. The molecule has 0 aromatic heterocycles. The van der Waals surface area contributed by atoms with Crippen molar-refractivity contribution < 1.29 is 9.90 Å². The van der Waals surface area contributed by atoms with Gasteiger partial charge in [-0.1, -0.05) is 15.9 Å². The van der Waals surface area contributed by atoms with E-state index in [1.807, 2.05) is 6.07 Å². The predicted octanol–water partition coefficient (Wildman–Crippen LogP) is 1.88. The van der Waals surface area contributed by atoms with Gasteiger partial charge in [-0.3, -0.25) is 4.79 Å². The number of hydrogen-bond donors (Lipinski definition) is 2. The molecule has 2 rings (SSSR count). The Hall–Kier alpha value is -1.07. The van der Waals surface area contributed by atoms with Gasteiger partial charge in [0, 0.05) is 29.9 Å². The fourth-order valence-corrected chi connectivity index (χ4v) is 2.64. The number of hydrogen-bond acceptors (Lipinski definition) is 3. The van der Waals surface area contributed by atoms with E-state index >= 15 is 0 Å². The van der Waals surface area contributed by atoms with E-state index in [1.54, 1.807) is 17.0 Å². The molecule has 0 aliphatic carbocycles. The van der Waals surface area contributed by atoms with Gasteiger partial charge in [0.2, 0.25) is 0 Å². The monoisotopic (exact) mass is 312 g/mol. The lowest BCUT2D eigenvalue weighted by molar-refractivity contribution is 0.0621. The molecule has 0 bridgehead atoms. The topological polar surface area (TPSA) is 66.6 Å². The maximum Gasteiger partial charge on any atom is 0.255 e. The van der Waals surface area contributed by atoms with E-state index in [-0.39, 0.29) is 18.4 Å². The molecule has 1 aromatic carbocycles. The minimum atomic E-state index is -0.0491. The second-order valence-electron chi connectivity index (χ2n) is 4.67. The molecule has 3 N–H and O–H groups in total. The number of halogens is 1. The molecule has 0 saturated carbocycles. The van der Waals surface area contributed by atoms with Crippen LogP contribution < -0.4 is 5.73 Å². The summed E-state index contributed by atoms with van der Waals surface area (Å²) in [6, 6.07) is 5.30. The van der Waals surface area contributed by atoms with Crippen molar-refractivity contribution in [3.05, 3.63) is 28.2 Å². The van der Waals surface area contributed by atoms with Crippen LogP contribution in [0.2, 0.25) is 0 Å². The first-order valence-electron chi connectivity index (χ1n) is 6.07. The molecule has 1 fully saturated rings. The van der Waals surface area contributed by atoms with Crippen molar-refractivity contribution >= 4 is 27.5 Å². The summed E-state index contributed by atoms with van der Waals surface area (Å²) in [6.07, 6.45) is 1.92. The minimum absolute atomic E-state index is 0.0491. The van der Waals surface area contributed by atoms with Crippen LogP contribution in [0.3, 0.4) is 0 Å². The molecule has 18 heavy (non-hydrogen) atoms. The molecular formula is C13H17BrN2O2. The van der Waals surface area contributed by atoms with Gasteiger partial charge in [0.1, 0.15) is 0 Å². The third-order valence-corrected chi connectivity index (χ3v) is 3.80. The number of nitrogens with two attached hydrogens (primary N) is 1. The highest BCUT2D eigenvalue weighted by Crippen LogP contribution is 2.23. The zero-order chi connectivity index (χ0) is 13.1. The zero-order valence-electron chi connectivity index (χ0n) is 10.1. The van der Waals surface area contributed by atoms with Gasteiger partial charge in [-0.2, -0.15) is 0 Å². The molecule has 1 aliphatic heterocycles. The maximum atomic E-state index is 12.4. The SMILES string of the molecule is Nc1ccc(Br)cc1C(=O)N1CCCC(CO)C1. The van der Waals surface area contributed by atoms with E-state index in [4.69, 9.17) is 5.73 Å². The number of piperidine rings is 1. The predicted molar refractivity (Wildman–Crippen MR) is 74.3 cm³/mol. The van der Waals surface area contributed by atoms with Crippen molar-refractivity contribution in [2.75, 3.05) is 25.4 Å². The molecule has 1 atom stereocenters. The Labute approximate surface area is 115 Å². The molecule has 0 radical (unpaired) electrons. The van der Waals surface area contributed by atoms with Crippen LogP contribution in [-0.4, -0.2) is 35.6 Å². The maximum absolute atomic E-state index is 12.4. The average Bonchev–Trinajstić information content (AvgIpc) is 2.41. The Morgan fingerprint density at radius 2 is 2.33 bits per heavy atom. The lowest BCUT2D eigenvalue weighted by Crippen LogP contribution is -2.41. The van der Waals surface area contributed by atoms with Crippen LogP contribution >= 0.6 is 15.9 Å². The van der Waals surface area contributed by atoms with Crippen molar-refractivity contribution in [1.82, 2.24) is 4.90 Å². The average molecular weight is 313 g/mol. The summed E-state index contributed by atoms with van der Waals surface area (Å²) < 4.78 is 0.843. The van der Waals surface area contributed by atoms with Crippen LogP contribution in [0.15, 0.2) is 22.7 Å². The van der Waals surface area contributed by atoms with E-state index in [2.05, 4.69) is 15.9 Å². The van der Waals surface area contributed by atoms with E-state index < -0.39 is 0 Å². The van der Waals surface area contributed by atoms with Gasteiger partial charge in [0.05, 0.1) is 5.56 Å². The van der Waals surface area contributed by atoms with Gasteiger partial charge in [-0.15, -0.1) is 0 Å². The third-order valence-electron chi connectivity index (χ3n) is 3.31. The Morgan fingerprint density at radius 1 is 1.56 bits per heavy atom. The normalized spacial score (nSPS) is 19.9. The van der Waals surface area contributed by atoms with Crippen LogP contribution in [0.1, 0.15) is 23.2 Å². The number of amides is 1. The summed E-state index contributed by atoms with van der Waals surface area (Å²) in [5, 5.41) is 9.19. The molecule has 1 unspecified atom stereocenters. The molecule has 1 aromatic rings. The van der Waals surface area contributed by atoms with Gasteiger partial charge < -0.3 is 15.7 Å². The lowest BCUT2D eigenvalue weighted by atomic mass is 9.98. The number of anilines is 1. The summed E-state index contributed by atoms with van der Waals surface area (Å²) in [6.45, 7) is 1.49. The van der Waals surface area contributed by atoms with Crippen molar-refractivity contribution in [1.29, 1.82) is 0 Å². The van der Waals surface area contributed by atoms with E-state index in [1.165, 1.54) is 0 Å². The summed E-state index contributed by atoms with van der Waals surface area (Å²) in [4.78, 5) is 14.2. The van der Waals surface area contributed by atoms with Gasteiger partial charge in [0.15, 0.2) is 0 Å². The number of carbonyl (C=O) groups is 1.